The molecule has 19 heavy (non-hydrogen) atoms. The summed E-state index contributed by atoms with van der Waals surface area (Å²) in [4.78, 5) is 0.0200. The highest BCUT2D eigenvalue weighted by atomic mass is 79.9. The Kier molecular flexibility index (Phi) is 5.39. The van der Waals surface area contributed by atoms with Gasteiger partial charge in [-0.2, -0.15) is 0 Å². The Labute approximate surface area is 122 Å². The summed E-state index contributed by atoms with van der Waals surface area (Å²) in [6, 6.07) is 2.64. The molecule has 0 aromatic heterocycles. The average Bonchev–Trinajstić information content (AvgIpc) is 2.31. The lowest BCUT2D eigenvalue weighted by Crippen LogP contribution is -2.32. The second-order valence-corrected chi connectivity index (χ2v) is 6.61. The molecule has 1 aromatic rings. The van der Waals surface area contributed by atoms with Gasteiger partial charge in [0, 0.05) is 16.2 Å². The van der Waals surface area contributed by atoms with Crippen LogP contribution in [0.25, 0.3) is 0 Å². The third-order valence-corrected chi connectivity index (χ3v) is 4.75. The van der Waals surface area contributed by atoms with Gasteiger partial charge in [0.1, 0.15) is 10.6 Å². The predicted octanol–water partition coefficient (Wildman–Crippen LogP) is 2.28. The van der Waals surface area contributed by atoms with E-state index < -0.39 is 10.0 Å². The molecule has 0 heterocycles. The Bertz CT molecular complexity index is 573. The number of rotatable bonds is 6. The zero-order valence-corrected chi connectivity index (χ0v) is 13.2. The maximum absolute atomic E-state index is 12.3. The Morgan fingerprint density at radius 3 is 2.74 bits per heavy atom. The number of nitrogens with two attached hydrogens (primary N) is 1. The smallest absolute Gasteiger partial charge is 0.244 e. The molecule has 0 spiro atoms. The van der Waals surface area contributed by atoms with Crippen molar-refractivity contribution in [3.8, 4) is 5.75 Å². The molecule has 1 atom stereocenters. The topological polar surface area (TPSA) is 81.4 Å². The lowest BCUT2D eigenvalue weighted by atomic mass is 10.3. The Balaban J connectivity index is 3.20. The highest BCUT2D eigenvalue weighted by Crippen LogP contribution is 2.32. The molecule has 7 heteroatoms. The summed E-state index contributed by atoms with van der Waals surface area (Å²) < 4.78 is 32.7. The van der Waals surface area contributed by atoms with Gasteiger partial charge in [-0.1, -0.05) is 6.08 Å². The average molecular weight is 349 g/mol. The van der Waals surface area contributed by atoms with Gasteiger partial charge in [-0.05, 0) is 41.4 Å². The van der Waals surface area contributed by atoms with Crippen LogP contribution in [0.5, 0.6) is 5.75 Å². The molecule has 106 valence electrons. The summed E-state index contributed by atoms with van der Waals surface area (Å²) in [5.41, 5.74) is 6.05. The first-order valence-corrected chi connectivity index (χ1v) is 7.85. The number of sulfonamides is 1. The highest BCUT2D eigenvalue weighted by Gasteiger charge is 2.22. The van der Waals surface area contributed by atoms with Gasteiger partial charge in [0.25, 0.3) is 0 Å². The van der Waals surface area contributed by atoms with Gasteiger partial charge in [-0.25, -0.2) is 13.1 Å². The summed E-state index contributed by atoms with van der Waals surface area (Å²) >= 11 is 3.23. The zero-order chi connectivity index (χ0) is 14.6. The molecule has 0 saturated heterocycles. The van der Waals surface area contributed by atoms with Gasteiger partial charge >= 0.3 is 0 Å². The lowest BCUT2D eigenvalue weighted by Gasteiger charge is -2.15. The monoisotopic (exact) mass is 348 g/mol. The van der Waals surface area contributed by atoms with Crippen molar-refractivity contribution in [1.82, 2.24) is 4.72 Å². The van der Waals surface area contributed by atoms with E-state index in [-0.39, 0.29) is 16.7 Å². The molecule has 0 fully saturated rings. The minimum absolute atomic E-state index is 0.0200. The number of halogens is 1. The molecular weight excluding hydrogens is 332 g/mol. The van der Waals surface area contributed by atoms with E-state index in [4.69, 9.17) is 10.5 Å². The van der Waals surface area contributed by atoms with E-state index in [1.54, 1.807) is 13.0 Å². The first-order valence-electron chi connectivity index (χ1n) is 5.58. The molecule has 3 N–H and O–H groups in total. The summed E-state index contributed by atoms with van der Waals surface area (Å²) in [7, 11) is -2.28. The number of benzene rings is 1. The largest absolute Gasteiger partial charge is 0.495 e. The number of nitrogens with one attached hydrogen (secondary N) is 1. The van der Waals surface area contributed by atoms with Gasteiger partial charge < -0.3 is 10.5 Å². The number of methoxy groups -OCH3 is 1. The minimum atomic E-state index is -3.69. The van der Waals surface area contributed by atoms with Crippen LogP contribution >= 0.6 is 15.9 Å². The normalized spacial score (nSPS) is 13.0. The Morgan fingerprint density at radius 1 is 1.58 bits per heavy atom. The van der Waals surface area contributed by atoms with E-state index in [1.807, 2.05) is 0 Å². The third kappa shape index (κ3) is 3.95. The minimum Gasteiger partial charge on any atom is -0.495 e. The molecule has 0 bridgehead atoms. The fourth-order valence-electron chi connectivity index (χ4n) is 1.55. The van der Waals surface area contributed by atoms with Crippen LogP contribution in [0.4, 0.5) is 5.69 Å². The molecule has 0 amide bonds. The number of nitrogen functional groups attached to an aromatic ring is 1. The van der Waals surface area contributed by atoms with Crippen molar-refractivity contribution < 1.29 is 13.2 Å². The van der Waals surface area contributed by atoms with E-state index in [0.29, 0.717) is 16.6 Å². The summed E-state index contributed by atoms with van der Waals surface area (Å²) in [6.07, 6.45) is 2.19. The predicted molar refractivity (Wildman–Crippen MR) is 79.7 cm³/mol. The molecule has 1 rings (SSSR count). The van der Waals surface area contributed by atoms with Crippen LogP contribution in [-0.4, -0.2) is 21.6 Å². The quantitative estimate of drug-likeness (QED) is 0.610. The van der Waals surface area contributed by atoms with Gasteiger partial charge in [0.2, 0.25) is 10.0 Å². The number of hydrogen-bond acceptors (Lipinski definition) is 4. The van der Waals surface area contributed by atoms with E-state index in [1.165, 1.54) is 19.2 Å². The highest BCUT2D eigenvalue weighted by molar-refractivity contribution is 9.10. The SMILES string of the molecule is C=CCC(C)NS(=O)(=O)c1cc(N)c(Br)cc1OC. The standard InChI is InChI=1S/C12H17BrN2O3S/c1-4-5-8(2)15-19(16,17)12-7-10(14)9(13)6-11(12)18-3/h4,6-8,15H,1,5,14H2,2-3H3. The van der Waals surface area contributed by atoms with Crippen molar-refractivity contribution in [2.75, 3.05) is 12.8 Å². The van der Waals surface area contributed by atoms with Crippen LogP contribution in [0.2, 0.25) is 0 Å². The molecule has 0 radical (unpaired) electrons. The van der Waals surface area contributed by atoms with Gasteiger partial charge in [-0.3, -0.25) is 0 Å². The first-order chi connectivity index (χ1) is 8.81. The van der Waals surface area contributed by atoms with Crippen LogP contribution in [0.3, 0.4) is 0 Å². The van der Waals surface area contributed by atoms with E-state index in [0.717, 1.165) is 0 Å². The van der Waals surface area contributed by atoms with E-state index >= 15 is 0 Å². The van der Waals surface area contributed by atoms with E-state index in [9.17, 15) is 8.42 Å². The fourth-order valence-corrected chi connectivity index (χ4v) is 3.31. The molecule has 0 aliphatic heterocycles. The molecule has 0 saturated carbocycles. The fraction of sp³-hybridized carbons (Fsp3) is 0.333. The number of anilines is 1. The molecular formula is C12H17BrN2O3S. The molecule has 0 aliphatic carbocycles. The second kappa shape index (κ2) is 6.40. The van der Waals surface area contributed by atoms with Crippen molar-refractivity contribution in [2.45, 2.75) is 24.3 Å². The van der Waals surface area contributed by atoms with Crippen molar-refractivity contribution in [3.63, 3.8) is 0 Å². The first kappa shape index (κ1) is 16.0. The van der Waals surface area contributed by atoms with Gasteiger partial charge in [0.15, 0.2) is 0 Å². The number of ether oxygens (including phenoxy) is 1. The van der Waals surface area contributed by atoms with Crippen LogP contribution in [-0.2, 0) is 10.0 Å². The summed E-state index contributed by atoms with van der Waals surface area (Å²) in [5.74, 6) is 0.236. The van der Waals surface area contributed by atoms with Crippen molar-refractivity contribution >= 4 is 31.6 Å². The maximum atomic E-state index is 12.3. The van der Waals surface area contributed by atoms with Gasteiger partial charge in [-0.15, -0.1) is 6.58 Å². The molecule has 0 aliphatic rings. The van der Waals surface area contributed by atoms with E-state index in [2.05, 4.69) is 27.2 Å². The summed E-state index contributed by atoms with van der Waals surface area (Å²) in [6.45, 7) is 5.33. The van der Waals surface area contributed by atoms with Gasteiger partial charge in [0.05, 0.1) is 7.11 Å². The molecule has 1 unspecified atom stereocenters. The second-order valence-electron chi connectivity index (χ2n) is 4.07. The van der Waals surface area contributed by atoms with Crippen molar-refractivity contribution in [1.29, 1.82) is 0 Å². The molecule has 1 aromatic carbocycles. The van der Waals surface area contributed by atoms with Crippen LogP contribution < -0.4 is 15.2 Å². The lowest BCUT2D eigenvalue weighted by molar-refractivity contribution is 0.402. The Hall–Kier alpha value is -1.05. The van der Waals surface area contributed by atoms with Crippen molar-refractivity contribution in [3.05, 3.63) is 29.3 Å². The van der Waals surface area contributed by atoms with Crippen LogP contribution in [0.15, 0.2) is 34.2 Å². The summed E-state index contributed by atoms with van der Waals surface area (Å²) in [5, 5.41) is 0. The molecule has 5 nitrogen and oxygen atoms in total. The van der Waals surface area contributed by atoms with Crippen molar-refractivity contribution in [2.24, 2.45) is 0 Å². The zero-order valence-electron chi connectivity index (χ0n) is 10.8. The van der Waals surface area contributed by atoms with Crippen LogP contribution in [0, 0.1) is 0 Å². The third-order valence-electron chi connectivity index (χ3n) is 2.45. The number of hydrogen-bond donors (Lipinski definition) is 2. The maximum Gasteiger partial charge on any atom is 0.244 e. The van der Waals surface area contributed by atoms with Crippen LogP contribution in [0.1, 0.15) is 13.3 Å². The Morgan fingerprint density at radius 2 is 2.21 bits per heavy atom.